The van der Waals surface area contributed by atoms with E-state index in [-0.39, 0.29) is 0 Å². The minimum atomic E-state index is -0.606. The van der Waals surface area contributed by atoms with E-state index in [1.54, 1.807) is 28.5 Å². The van der Waals surface area contributed by atoms with E-state index in [2.05, 4.69) is 20.4 Å². The van der Waals surface area contributed by atoms with Crippen molar-refractivity contribution in [1.82, 2.24) is 19.7 Å². The van der Waals surface area contributed by atoms with Gasteiger partial charge in [-0.3, -0.25) is 4.68 Å². The van der Waals surface area contributed by atoms with Gasteiger partial charge in [0.1, 0.15) is 17.0 Å². The molecule has 1 aliphatic rings. The van der Waals surface area contributed by atoms with Crippen molar-refractivity contribution in [2.75, 3.05) is 11.9 Å². The van der Waals surface area contributed by atoms with E-state index >= 15 is 0 Å². The molecule has 0 bridgehead atoms. The number of nitrogens with zero attached hydrogens (tertiary/aromatic N) is 4. The number of fused-ring (bicyclic) bond motifs is 3. The second-order valence-electron chi connectivity index (χ2n) is 5.60. The molecular formula is C15H17N5OS. The number of rotatable bonds is 4. The Morgan fingerprint density at radius 3 is 3.14 bits per heavy atom. The van der Waals surface area contributed by atoms with Gasteiger partial charge >= 0.3 is 0 Å². The molecule has 0 saturated heterocycles. The lowest BCUT2D eigenvalue weighted by Crippen LogP contribution is -2.13. The number of hydrogen-bond acceptors (Lipinski definition) is 6. The van der Waals surface area contributed by atoms with Gasteiger partial charge in [-0.15, -0.1) is 11.3 Å². The molecule has 0 aromatic carbocycles. The van der Waals surface area contributed by atoms with Crippen molar-refractivity contribution in [3.63, 3.8) is 0 Å². The number of anilines is 1. The lowest BCUT2D eigenvalue weighted by atomic mass is 10.1. The second-order valence-corrected chi connectivity index (χ2v) is 6.69. The first-order chi connectivity index (χ1) is 10.7. The van der Waals surface area contributed by atoms with E-state index < -0.39 is 6.10 Å². The first-order valence-electron chi connectivity index (χ1n) is 7.38. The zero-order valence-corrected chi connectivity index (χ0v) is 13.1. The lowest BCUT2D eigenvalue weighted by molar-refractivity contribution is 0.191. The van der Waals surface area contributed by atoms with Gasteiger partial charge in [-0.1, -0.05) is 0 Å². The molecule has 4 rings (SSSR count). The van der Waals surface area contributed by atoms with Crippen molar-refractivity contribution >= 4 is 27.4 Å². The maximum Gasteiger partial charge on any atom is 0.138 e. The topological polar surface area (TPSA) is 75.9 Å². The molecule has 0 fully saturated rings. The molecule has 0 spiro atoms. The van der Waals surface area contributed by atoms with Crippen molar-refractivity contribution in [2.24, 2.45) is 7.05 Å². The highest BCUT2D eigenvalue weighted by Crippen LogP contribution is 2.39. The highest BCUT2D eigenvalue weighted by Gasteiger charge is 2.21. The molecule has 0 amide bonds. The molecule has 0 radical (unpaired) electrons. The van der Waals surface area contributed by atoms with Gasteiger partial charge in [-0.05, 0) is 24.8 Å². The first kappa shape index (κ1) is 13.7. The summed E-state index contributed by atoms with van der Waals surface area (Å²) in [6.45, 7) is 0.405. The second kappa shape index (κ2) is 5.33. The summed E-state index contributed by atoms with van der Waals surface area (Å²) in [5, 5.41) is 18.8. The summed E-state index contributed by atoms with van der Waals surface area (Å²) in [4.78, 5) is 11.2. The monoisotopic (exact) mass is 315 g/mol. The quantitative estimate of drug-likeness (QED) is 0.771. The van der Waals surface area contributed by atoms with E-state index in [9.17, 15) is 5.11 Å². The van der Waals surface area contributed by atoms with Crippen LogP contribution < -0.4 is 5.32 Å². The number of nitrogens with one attached hydrogen (secondary N) is 1. The summed E-state index contributed by atoms with van der Waals surface area (Å²) in [6, 6.07) is 0. The SMILES string of the molecule is Cn1cc(C(O)CNc2ncnc3sc4c(c23)CCC4)cn1. The molecule has 0 aliphatic heterocycles. The van der Waals surface area contributed by atoms with E-state index in [0.29, 0.717) is 6.54 Å². The van der Waals surface area contributed by atoms with Gasteiger partial charge in [0.15, 0.2) is 0 Å². The largest absolute Gasteiger partial charge is 0.386 e. The predicted octanol–water partition coefficient (Wildman–Crippen LogP) is 2.06. The van der Waals surface area contributed by atoms with Crippen LogP contribution in [0.15, 0.2) is 18.7 Å². The minimum Gasteiger partial charge on any atom is -0.386 e. The molecule has 3 aromatic rings. The average Bonchev–Trinajstić information content (AvgIpc) is 3.19. The van der Waals surface area contributed by atoms with Gasteiger partial charge in [-0.25, -0.2) is 9.97 Å². The zero-order chi connectivity index (χ0) is 15.1. The smallest absolute Gasteiger partial charge is 0.138 e. The van der Waals surface area contributed by atoms with Crippen LogP contribution in [0.5, 0.6) is 0 Å². The van der Waals surface area contributed by atoms with Crippen molar-refractivity contribution in [1.29, 1.82) is 0 Å². The highest BCUT2D eigenvalue weighted by molar-refractivity contribution is 7.19. The van der Waals surface area contributed by atoms with Crippen LogP contribution in [0.1, 0.15) is 28.5 Å². The van der Waals surface area contributed by atoms with Crippen LogP contribution in [0.2, 0.25) is 0 Å². The van der Waals surface area contributed by atoms with Crippen LogP contribution in [0.25, 0.3) is 10.2 Å². The van der Waals surface area contributed by atoms with Gasteiger partial charge in [-0.2, -0.15) is 5.10 Å². The number of aliphatic hydroxyl groups excluding tert-OH is 1. The molecule has 1 atom stereocenters. The van der Waals surface area contributed by atoms with Crippen LogP contribution in [0.4, 0.5) is 5.82 Å². The Morgan fingerprint density at radius 1 is 1.41 bits per heavy atom. The third-order valence-electron chi connectivity index (χ3n) is 4.07. The van der Waals surface area contributed by atoms with Gasteiger partial charge < -0.3 is 10.4 Å². The number of aromatic nitrogens is 4. The summed E-state index contributed by atoms with van der Waals surface area (Å²) in [6.07, 6.45) is 7.95. The molecule has 6 nitrogen and oxygen atoms in total. The van der Waals surface area contributed by atoms with Crippen molar-refractivity contribution in [3.05, 3.63) is 34.7 Å². The maximum absolute atomic E-state index is 10.3. The molecule has 1 aliphatic carbocycles. The molecule has 22 heavy (non-hydrogen) atoms. The van der Waals surface area contributed by atoms with Gasteiger partial charge in [0.05, 0.1) is 17.7 Å². The average molecular weight is 315 g/mol. The van der Waals surface area contributed by atoms with Crippen LogP contribution in [-0.2, 0) is 19.9 Å². The van der Waals surface area contributed by atoms with Crippen molar-refractivity contribution < 1.29 is 5.11 Å². The minimum absolute atomic E-state index is 0.405. The standard InChI is InChI=1S/C15H17N5OS/c1-20-7-9(5-19-20)11(21)6-16-14-13-10-3-2-4-12(10)22-15(13)18-8-17-14/h5,7-8,11,21H,2-4,6H2,1H3,(H,16,17,18). The fourth-order valence-corrected chi connectivity index (χ4v) is 4.21. The summed E-state index contributed by atoms with van der Waals surface area (Å²) in [7, 11) is 1.84. The van der Waals surface area contributed by atoms with Gasteiger partial charge in [0, 0.05) is 30.2 Å². The molecular weight excluding hydrogens is 298 g/mol. The Kier molecular flexibility index (Phi) is 3.31. The molecule has 114 valence electrons. The molecule has 7 heteroatoms. The predicted molar refractivity (Wildman–Crippen MR) is 86.1 cm³/mol. The van der Waals surface area contributed by atoms with E-state index in [1.165, 1.54) is 16.9 Å². The Balaban J connectivity index is 1.59. The zero-order valence-electron chi connectivity index (χ0n) is 12.3. The Hall–Kier alpha value is -1.99. The summed E-state index contributed by atoms with van der Waals surface area (Å²) < 4.78 is 1.69. The Bertz CT molecular complexity index is 825. The molecule has 2 N–H and O–H groups in total. The Morgan fingerprint density at radius 2 is 2.32 bits per heavy atom. The first-order valence-corrected chi connectivity index (χ1v) is 8.20. The molecule has 3 heterocycles. The Labute approximate surface area is 131 Å². The molecule has 0 saturated carbocycles. The van der Waals surface area contributed by atoms with Gasteiger partial charge in [0.25, 0.3) is 0 Å². The fraction of sp³-hybridized carbons (Fsp3) is 0.400. The van der Waals surface area contributed by atoms with Crippen LogP contribution in [-0.4, -0.2) is 31.4 Å². The van der Waals surface area contributed by atoms with E-state index in [0.717, 1.165) is 34.4 Å². The maximum atomic E-state index is 10.3. The highest BCUT2D eigenvalue weighted by atomic mass is 32.1. The van der Waals surface area contributed by atoms with E-state index in [4.69, 9.17) is 0 Å². The molecule has 1 unspecified atom stereocenters. The summed E-state index contributed by atoms with van der Waals surface area (Å²) in [5.74, 6) is 0.826. The fourth-order valence-electron chi connectivity index (χ4n) is 2.99. The number of thiophene rings is 1. The third kappa shape index (κ3) is 2.26. The van der Waals surface area contributed by atoms with Crippen LogP contribution >= 0.6 is 11.3 Å². The number of aryl methyl sites for hydroxylation is 3. The number of hydrogen-bond donors (Lipinski definition) is 2. The van der Waals surface area contributed by atoms with Gasteiger partial charge in [0.2, 0.25) is 0 Å². The summed E-state index contributed by atoms with van der Waals surface area (Å²) in [5.41, 5.74) is 2.19. The summed E-state index contributed by atoms with van der Waals surface area (Å²) >= 11 is 1.77. The lowest BCUT2D eigenvalue weighted by Gasteiger charge is -2.11. The number of aliphatic hydroxyl groups is 1. The van der Waals surface area contributed by atoms with Crippen LogP contribution in [0.3, 0.4) is 0 Å². The van der Waals surface area contributed by atoms with Crippen molar-refractivity contribution in [2.45, 2.75) is 25.4 Å². The normalized spacial score (nSPS) is 15.2. The molecule has 3 aromatic heterocycles. The van der Waals surface area contributed by atoms with E-state index in [1.807, 2.05) is 13.2 Å². The third-order valence-corrected chi connectivity index (χ3v) is 5.27. The van der Waals surface area contributed by atoms with Crippen molar-refractivity contribution in [3.8, 4) is 0 Å². The van der Waals surface area contributed by atoms with Crippen LogP contribution in [0, 0.1) is 0 Å².